The molecule has 0 saturated heterocycles. The molecule has 2 unspecified atom stereocenters. The maximum absolute atomic E-state index is 13.1. The molecule has 0 heterocycles. The van der Waals surface area contributed by atoms with Crippen LogP contribution in [-0.4, -0.2) is 96.7 Å². The third-order valence-electron chi connectivity index (χ3n) is 17.2. The average Bonchev–Trinajstić information content (AvgIpc) is 0.943. The highest BCUT2D eigenvalue weighted by atomic mass is 31.2. The maximum Gasteiger partial charge on any atom is 0.472 e. The monoisotopic (exact) mass is 1500 g/mol. The van der Waals surface area contributed by atoms with Gasteiger partial charge in [-0.1, -0.05) is 298 Å². The van der Waals surface area contributed by atoms with Crippen LogP contribution in [0.1, 0.15) is 349 Å². The predicted molar refractivity (Wildman–Crippen MR) is 427 cm³/mol. The minimum absolute atomic E-state index is 0.0516. The van der Waals surface area contributed by atoms with E-state index in [1.54, 1.807) is 0 Å². The molecule has 0 aromatic rings. The number of hydrogen-bond donors (Lipinski definition) is 3. The first-order valence-corrected chi connectivity index (χ1v) is 44.1. The third kappa shape index (κ3) is 75.9. The number of unbranched alkanes of at least 4 members (excludes halogenated alkanes) is 33. The molecule has 0 rings (SSSR count). The number of esters is 4. The highest BCUT2D eigenvalue weighted by molar-refractivity contribution is 7.47. The van der Waals surface area contributed by atoms with Gasteiger partial charge in [0.2, 0.25) is 0 Å². The molecule has 17 nitrogen and oxygen atoms in total. The topological polar surface area (TPSA) is 237 Å². The van der Waals surface area contributed by atoms with E-state index in [2.05, 4.69) is 137 Å². The smallest absolute Gasteiger partial charge is 0.462 e. The van der Waals surface area contributed by atoms with Gasteiger partial charge in [-0.25, -0.2) is 9.13 Å². The van der Waals surface area contributed by atoms with Crippen LogP contribution in [0.2, 0.25) is 0 Å². The molecule has 0 fully saturated rings. The van der Waals surface area contributed by atoms with E-state index in [0.717, 1.165) is 167 Å². The molecule has 104 heavy (non-hydrogen) atoms. The second-order valence-electron chi connectivity index (χ2n) is 27.3. The summed E-state index contributed by atoms with van der Waals surface area (Å²) in [6.07, 6.45) is 83.4. The van der Waals surface area contributed by atoms with E-state index in [1.807, 2.05) is 0 Å². The zero-order valence-corrected chi connectivity index (χ0v) is 67.5. The number of carbonyl (C=O) groups excluding carboxylic acids is 4. The number of allylic oxidation sites excluding steroid dienone is 18. The van der Waals surface area contributed by atoms with Crippen molar-refractivity contribution in [3.05, 3.63) is 109 Å². The lowest BCUT2D eigenvalue weighted by atomic mass is 10.0. The van der Waals surface area contributed by atoms with Gasteiger partial charge in [-0.15, -0.1) is 0 Å². The summed E-state index contributed by atoms with van der Waals surface area (Å²) >= 11 is 0. The fourth-order valence-electron chi connectivity index (χ4n) is 11.0. The van der Waals surface area contributed by atoms with Crippen molar-refractivity contribution in [2.75, 3.05) is 39.6 Å². The molecule has 0 amide bonds. The van der Waals surface area contributed by atoms with E-state index in [1.165, 1.54) is 103 Å². The number of rotatable bonds is 77. The average molecular weight is 1500 g/mol. The Balaban J connectivity index is 5.41. The summed E-state index contributed by atoms with van der Waals surface area (Å²) in [5.41, 5.74) is 0. The maximum atomic E-state index is 13.1. The Labute approximate surface area is 632 Å². The van der Waals surface area contributed by atoms with Crippen LogP contribution < -0.4 is 0 Å². The fourth-order valence-corrected chi connectivity index (χ4v) is 12.5. The Bertz CT molecular complexity index is 2390. The lowest BCUT2D eigenvalue weighted by Gasteiger charge is -2.21. The number of aliphatic hydroxyl groups is 1. The highest BCUT2D eigenvalue weighted by Crippen LogP contribution is 2.45. The third-order valence-corrected chi connectivity index (χ3v) is 19.1. The number of hydrogen-bond acceptors (Lipinski definition) is 15. The highest BCUT2D eigenvalue weighted by Gasteiger charge is 2.30. The van der Waals surface area contributed by atoms with E-state index >= 15 is 0 Å². The van der Waals surface area contributed by atoms with Crippen LogP contribution >= 0.6 is 15.6 Å². The van der Waals surface area contributed by atoms with Crippen molar-refractivity contribution in [1.82, 2.24) is 0 Å². The molecule has 0 aromatic heterocycles. The molecule has 0 aliphatic heterocycles. The molecule has 0 aromatic carbocycles. The Morgan fingerprint density at radius 3 is 0.798 bits per heavy atom. The second-order valence-corrected chi connectivity index (χ2v) is 30.2. The van der Waals surface area contributed by atoms with Gasteiger partial charge in [-0.2, -0.15) is 0 Å². The van der Waals surface area contributed by atoms with Gasteiger partial charge in [-0.3, -0.25) is 37.3 Å². The SMILES string of the molecule is CC/C=C\C/C=C\C/C=C\C/C=C\C/C=C\CCCCCC(=O)O[C@H](COC(=O)CCCCCCC/C=C\C/C=C\CCCCC)COP(=O)(O)OC[C@@H](O)COP(=O)(O)OC[C@@H](COC(=O)CCCCCCC/C=C\C/C=C\CCCCC)OC(=O)CCCCCCCCCCCCCCCCC. The summed E-state index contributed by atoms with van der Waals surface area (Å²) in [6, 6.07) is 0. The zero-order chi connectivity index (χ0) is 76.0. The largest absolute Gasteiger partial charge is 0.472 e. The summed E-state index contributed by atoms with van der Waals surface area (Å²) in [7, 11) is -9.97. The van der Waals surface area contributed by atoms with Gasteiger partial charge >= 0.3 is 39.5 Å². The van der Waals surface area contributed by atoms with E-state index in [9.17, 15) is 43.2 Å². The fraction of sp³-hybridized carbons (Fsp3) is 0.741. The molecule has 0 radical (unpaired) electrons. The summed E-state index contributed by atoms with van der Waals surface area (Å²) in [5, 5.41) is 10.7. The lowest BCUT2D eigenvalue weighted by molar-refractivity contribution is -0.161. The first kappa shape index (κ1) is 99.7. The Hall–Kier alpha value is -4.28. The molecular weight excluding hydrogens is 1350 g/mol. The van der Waals surface area contributed by atoms with E-state index in [4.69, 9.17) is 37.0 Å². The molecule has 3 N–H and O–H groups in total. The quantitative estimate of drug-likeness (QED) is 0.0169. The Kier molecular flexibility index (Phi) is 73.7. The summed E-state index contributed by atoms with van der Waals surface area (Å²) < 4.78 is 68.7. The predicted octanol–water partition coefficient (Wildman–Crippen LogP) is 24.1. The van der Waals surface area contributed by atoms with Crippen LogP contribution in [0.3, 0.4) is 0 Å². The van der Waals surface area contributed by atoms with Gasteiger partial charge in [0.1, 0.15) is 19.3 Å². The van der Waals surface area contributed by atoms with Crippen LogP contribution in [0, 0.1) is 0 Å². The van der Waals surface area contributed by atoms with Crippen LogP contribution in [0.5, 0.6) is 0 Å². The van der Waals surface area contributed by atoms with Crippen molar-refractivity contribution in [2.45, 2.75) is 367 Å². The van der Waals surface area contributed by atoms with Crippen molar-refractivity contribution < 1.29 is 80.2 Å². The van der Waals surface area contributed by atoms with Crippen molar-refractivity contribution in [2.24, 2.45) is 0 Å². The van der Waals surface area contributed by atoms with Crippen LogP contribution in [0.15, 0.2) is 109 Å². The molecule has 0 aliphatic carbocycles. The first-order valence-electron chi connectivity index (χ1n) is 41.1. The van der Waals surface area contributed by atoms with Gasteiger partial charge in [0.15, 0.2) is 12.2 Å². The van der Waals surface area contributed by atoms with Crippen LogP contribution in [0.4, 0.5) is 0 Å². The molecule has 0 aliphatic rings. The number of phosphoric acid groups is 2. The number of carbonyl (C=O) groups is 4. The van der Waals surface area contributed by atoms with Crippen molar-refractivity contribution in [3.63, 3.8) is 0 Å². The van der Waals surface area contributed by atoms with Crippen LogP contribution in [-0.2, 0) is 65.4 Å². The minimum atomic E-state index is -4.99. The minimum Gasteiger partial charge on any atom is -0.462 e. The van der Waals surface area contributed by atoms with Gasteiger partial charge in [0, 0.05) is 25.7 Å². The summed E-state index contributed by atoms with van der Waals surface area (Å²) in [6.45, 7) is 4.69. The standard InChI is InChI=1S/C85H148O17P2/c1-5-9-13-17-21-25-29-33-37-38-39-40-44-48-52-56-60-64-68-72-85(90)102-81(76-96-83(88)70-66-62-58-54-50-46-42-35-31-27-23-19-15-11-7-3)78-100-104(93,94)98-74-79(86)73-97-103(91,92)99-77-80(101-84(89)71-67-63-59-55-51-47-43-36-32-28-24-20-16-12-8-4)75-95-82(87)69-65-61-57-53-49-45-41-34-30-26-22-18-14-10-6-2/h9,13,21-23,25-27,33-35,37,39-42,48,52,79-81,86H,5-8,10-12,14-20,24,28-32,36,38,43-47,49-51,53-78H2,1-4H3,(H,91,92)(H,93,94)/b13-9-,25-21-,26-22-,27-23-,37-33-,40-39-,41-34-,42-35-,52-48-/t79-,80+,81+/m0/s1. The van der Waals surface area contributed by atoms with Gasteiger partial charge in [0.05, 0.1) is 26.4 Å². The number of ether oxygens (including phenoxy) is 4. The molecule has 0 spiro atoms. The van der Waals surface area contributed by atoms with Gasteiger partial charge in [-0.05, 0) is 135 Å². The molecular formula is C85H148O17P2. The summed E-state index contributed by atoms with van der Waals surface area (Å²) in [4.78, 5) is 73.1. The van der Waals surface area contributed by atoms with E-state index in [0.29, 0.717) is 25.7 Å². The van der Waals surface area contributed by atoms with Gasteiger partial charge in [0.25, 0.3) is 0 Å². The Morgan fingerprint density at radius 2 is 0.500 bits per heavy atom. The molecule has 0 bridgehead atoms. The second kappa shape index (κ2) is 76.9. The molecule has 0 saturated carbocycles. The zero-order valence-electron chi connectivity index (χ0n) is 65.7. The normalized spacial score (nSPS) is 14.4. The summed E-state index contributed by atoms with van der Waals surface area (Å²) in [5.74, 6) is -2.22. The van der Waals surface area contributed by atoms with Gasteiger partial charge < -0.3 is 33.8 Å². The van der Waals surface area contributed by atoms with E-state index < -0.39 is 97.5 Å². The van der Waals surface area contributed by atoms with Crippen LogP contribution in [0.25, 0.3) is 0 Å². The van der Waals surface area contributed by atoms with Crippen molar-refractivity contribution in [1.29, 1.82) is 0 Å². The molecule has 19 heteroatoms. The molecule has 5 atom stereocenters. The Morgan fingerprint density at radius 1 is 0.279 bits per heavy atom. The number of aliphatic hydroxyl groups excluding tert-OH is 1. The number of phosphoric ester groups is 2. The van der Waals surface area contributed by atoms with Crippen molar-refractivity contribution >= 4 is 39.5 Å². The van der Waals surface area contributed by atoms with Crippen molar-refractivity contribution in [3.8, 4) is 0 Å². The van der Waals surface area contributed by atoms with E-state index in [-0.39, 0.29) is 25.7 Å². The molecule has 600 valence electrons. The lowest BCUT2D eigenvalue weighted by Crippen LogP contribution is -2.30. The first-order chi connectivity index (χ1) is 50.7.